The zero-order chi connectivity index (χ0) is 15.5. The number of anilines is 1. The summed E-state index contributed by atoms with van der Waals surface area (Å²) in [5, 5.41) is 0. The summed E-state index contributed by atoms with van der Waals surface area (Å²) in [4.78, 5) is 12.5. The summed E-state index contributed by atoms with van der Waals surface area (Å²) < 4.78 is 10.6. The molecule has 1 atom stereocenters. The first-order valence-corrected chi connectivity index (χ1v) is 7.41. The lowest BCUT2D eigenvalue weighted by Crippen LogP contribution is -2.23. The minimum Gasteiger partial charge on any atom is -0.497 e. The molecule has 0 heterocycles. The van der Waals surface area contributed by atoms with Gasteiger partial charge in [-0.15, -0.1) is 12.4 Å². The van der Waals surface area contributed by atoms with Crippen molar-refractivity contribution < 1.29 is 14.3 Å². The lowest BCUT2D eigenvalue weighted by molar-refractivity contribution is -0.136. The Balaban J connectivity index is 0.00000192. The Bertz CT molecular complexity index is 685. The summed E-state index contributed by atoms with van der Waals surface area (Å²) in [6.45, 7) is 0. The van der Waals surface area contributed by atoms with Gasteiger partial charge in [0.2, 0.25) is 0 Å². The number of ether oxygens (including phenoxy) is 2. The van der Waals surface area contributed by atoms with Gasteiger partial charge in [-0.05, 0) is 66.8 Å². The molecule has 0 aromatic heterocycles. The number of nitrogen functional groups attached to an aromatic ring is 1. The number of aryl methyl sites for hydroxylation is 1. The van der Waals surface area contributed by atoms with Gasteiger partial charge < -0.3 is 15.2 Å². The van der Waals surface area contributed by atoms with Crippen molar-refractivity contribution in [1.82, 2.24) is 0 Å². The van der Waals surface area contributed by atoms with E-state index < -0.39 is 0 Å². The third-order valence-corrected chi connectivity index (χ3v) is 4.05. The number of hydrogen-bond donors (Lipinski definition) is 1. The second-order valence-corrected chi connectivity index (χ2v) is 5.50. The largest absolute Gasteiger partial charge is 0.497 e. The van der Waals surface area contributed by atoms with Crippen molar-refractivity contribution in [2.75, 3.05) is 12.8 Å². The Hall–Kier alpha value is -2.20. The predicted molar refractivity (Wildman–Crippen MR) is 92.4 cm³/mol. The normalized spacial score (nSPS) is 16.0. The molecule has 122 valence electrons. The van der Waals surface area contributed by atoms with Crippen molar-refractivity contribution in [1.29, 1.82) is 0 Å². The van der Waals surface area contributed by atoms with Crippen molar-refractivity contribution in [2.24, 2.45) is 0 Å². The highest BCUT2D eigenvalue weighted by Gasteiger charge is 2.28. The van der Waals surface area contributed by atoms with Crippen LogP contribution in [-0.2, 0) is 11.2 Å². The van der Waals surface area contributed by atoms with Gasteiger partial charge in [-0.1, -0.05) is 6.07 Å². The highest BCUT2D eigenvalue weighted by atomic mass is 35.5. The number of methoxy groups -OCH3 is 1. The maximum Gasteiger partial charge on any atom is 0.318 e. The predicted octanol–water partition coefficient (Wildman–Crippen LogP) is 3.72. The fraction of sp³-hybridized carbons (Fsp3) is 0.278. The van der Waals surface area contributed by atoms with Crippen LogP contribution in [0.5, 0.6) is 11.5 Å². The first kappa shape index (κ1) is 17.2. The lowest BCUT2D eigenvalue weighted by atomic mass is 9.82. The van der Waals surface area contributed by atoms with Crippen LogP contribution in [0.1, 0.15) is 29.9 Å². The van der Waals surface area contributed by atoms with Gasteiger partial charge in [0, 0.05) is 5.69 Å². The summed E-state index contributed by atoms with van der Waals surface area (Å²) in [5.41, 5.74) is 8.74. The van der Waals surface area contributed by atoms with Crippen LogP contribution in [0.3, 0.4) is 0 Å². The van der Waals surface area contributed by atoms with Crippen molar-refractivity contribution in [2.45, 2.75) is 25.2 Å². The van der Waals surface area contributed by atoms with E-state index in [-0.39, 0.29) is 24.3 Å². The van der Waals surface area contributed by atoms with Crippen molar-refractivity contribution >= 4 is 24.1 Å². The molecule has 3 rings (SSSR count). The Labute approximate surface area is 142 Å². The van der Waals surface area contributed by atoms with E-state index in [9.17, 15) is 4.79 Å². The Morgan fingerprint density at radius 2 is 1.83 bits per heavy atom. The number of benzene rings is 2. The number of halogens is 1. The molecule has 2 N–H and O–H groups in total. The maximum absolute atomic E-state index is 12.5. The number of rotatable bonds is 3. The fourth-order valence-corrected chi connectivity index (χ4v) is 2.89. The molecular weight excluding hydrogens is 314 g/mol. The van der Waals surface area contributed by atoms with Crippen LogP contribution in [0.25, 0.3) is 0 Å². The van der Waals surface area contributed by atoms with Gasteiger partial charge in [0.15, 0.2) is 0 Å². The zero-order valence-corrected chi connectivity index (χ0v) is 13.8. The number of carbonyl (C=O) groups is 1. The summed E-state index contributed by atoms with van der Waals surface area (Å²) in [5.74, 6) is 0.795. The number of hydrogen-bond acceptors (Lipinski definition) is 4. The molecule has 0 saturated heterocycles. The zero-order valence-electron chi connectivity index (χ0n) is 13.0. The van der Waals surface area contributed by atoms with Crippen molar-refractivity contribution in [3.05, 3.63) is 53.6 Å². The SMILES string of the molecule is COc1ccc(OC(=O)C2CCCc3ccc(N)cc32)cc1.Cl. The standard InChI is InChI=1S/C18H19NO3.ClH/c1-21-14-7-9-15(10-8-14)22-18(20)16-4-2-3-12-5-6-13(19)11-17(12)16;/h5-11,16H,2-4,19H2,1H3;1H. The molecule has 23 heavy (non-hydrogen) atoms. The van der Waals surface area contributed by atoms with Gasteiger partial charge in [0.25, 0.3) is 0 Å². The third kappa shape index (κ3) is 3.77. The van der Waals surface area contributed by atoms with E-state index in [0.717, 1.165) is 30.6 Å². The van der Waals surface area contributed by atoms with Gasteiger partial charge >= 0.3 is 5.97 Å². The smallest absolute Gasteiger partial charge is 0.318 e. The first-order chi connectivity index (χ1) is 10.7. The highest BCUT2D eigenvalue weighted by Crippen LogP contribution is 2.34. The molecule has 0 radical (unpaired) electrons. The molecule has 5 heteroatoms. The molecule has 0 saturated carbocycles. The van der Waals surface area contributed by atoms with Crippen molar-refractivity contribution in [3.63, 3.8) is 0 Å². The van der Waals surface area contributed by atoms with E-state index in [2.05, 4.69) is 0 Å². The van der Waals surface area contributed by atoms with Gasteiger partial charge in [-0.2, -0.15) is 0 Å². The molecule has 1 unspecified atom stereocenters. The fourth-order valence-electron chi connectivity index (χ4n) is 2.89. The summed E-state index contributed by atoms with van der Waals surface area (Å²) in [6, 6.07) is 12.8. The van der Waals surface area contributed by atoms with Gasteiger partial charge in [0.05, 0.1) is 13.0 Å². The maximum atomic E-state index is 12.5. The number of fused-ring (bicyclic) bond motifs is 1. The molecule has 0 fully saturated rings. The molecule has 0 spiro atoms. The Kier molecular flexibility index (Phi) is 5.50. The molecule has 2 aromatic rings. The topological polar surface area (TPSA) is 61.5 Å². The third-order valence-electron chi connectivity index (χ3n) is 4.05. The van der Waals surface area contributed by atoms with Crippen LogP contribution >= 0.6 is 12.4 Å². The quantitative estimate of drug-likeness (QED) is 0.528. The number of carbonyl (C=O) groups excluding carboxylic acids is 1. The average molecular weight is 334 g/mol. The van der Waals surface area contributed by atoms with E-state index in [1.165, 1.54) is 5.56 Å². The first-order valence-electron chi connectivity index (χ1n) is 7.41. The van der Waals surface area contributed by atoms with E-state index >= 15 is 0 Å². The van der Waals surface area contributed by atoms with Crippen LogP contribution in [0.4, 0.5) is 5.69 Å². The van der Waals surface area contributed by atoms with Crippen LogP contribution in [-0.4, -0.2) is 13.1 Å². The average Bonchev–Trinajstić information content (AvgIpc) is 2.55. The number of nitrogens with two attached hydrogens (primary N) is 1. The van der Waals surface area contributed by atoms with E-state index in [0.29, 0.717) is 11.4 Å². The molecule has 0 amide bonds. The summed E-state index contributed by atoms with van der Waals surface area (Å²) in [7, 11) is 1.60. The van der Waals surface area contributed by atoms with Gasteiger partial charge in [0.1, 0.15) is 11.5 Å². The minimum atomic E-state index is -0.241. The summed E-state index contributed by atoms with van der Waals surface area (Å²) >= 11 is 0. The molecule has 0 aliphatic heterocycles. The molecule has 2 aromatic carbocycles. The van der Waals surface area contributed by atoms with Crippen LogP contribution < -0.4 is 15.2 Å². The molecule has 0 bridgehead atoms. The van der Waals surface area contributed by atoms with E-state index in [1.807, 2.05) is 18.2 Å². The summed E-state index contributed by atoms with van der Waals surface area (Å²) in [6.07, 6.45) is 2.77. The molecule has 1 aliphatic carbocycles. The van der Waals surface area contributed by atoms with E-state index in [4.69, 9.17) is 15.2 Å². The molecule has 1 aliphatic rings. The molecular formula is C18H20ClNO3. The Morgan fingerprint density at radius 3 is 2.52 bits per heavy atom. The van der Waals surface area contributed by atoms with Crippen LogP contribution in [0.15, 0.2) is 42.5 Å². The Morgan fingerprint density at radius 1 is 1.13 bits per heavy atom. The van der Waals surface area contributed by atoms with E-state index in [1.54, 1.807) is 31.4 Å². The second kappa shape index (κ2) is 7.38. The van der Waals surface area contributed by atoms with Crippen LogP contribution in [0.2, 0.25) is 0 Å². The highest BCUT2D eigenvalue weighted by molar-refractivity contribution is 5.85. The molecule has 4 nitrogen and oxygen atoms in total. The lowest BCUT2D eigenvalue weighted by Gasteiger charge is -2.24. The second-order valence-electron chi connectivity index (χ2n) is 5.50. The number of esters is 1. The van der Waals surface area contributed by atoms with Gasteiger partial charge in [-0.25, -0.2) is 0 Å². The van der Waals surface area contributed by atoms with Crippen molar-refractivity contribution in [3.8, 4) is 11.5 Å². The minimum absolute atomic E-state index is 0. The monoisotopic (exact) mass is 333 g/mol. The van der Waals surface area contributed by atoms with Gasteiger partial charge in [-0.3, -0.25) is 4.79 Å². The van der Waals surface area contributed by atoms with Crippen LogP contribution in [0, 0.1) is 0 Å².